The molecule has 1 atom stereocenters. The molecule has 2 aromatic heterocycles. The summed E-state index contributed by atoms with van der Waals surface area (Å²) >= 11 is 0. The first-order valence-electron chi connectivity index (χ1n) is 6.70. The summed E-state index contributed by atoms with van der Waals surface area (Å²) in [6.45, 7) is 3.30. The van der Waals surface area contributed by atoms with Gasteiger partial charge in [-0.2, -0.15) is 0 Å². The highest BCUT2D eigenvalue weighted by atomic mass is 35.5. The summed E-state index contributed by atoms with van der Waals surface area (Å²) < 4.78 is 0. The lowest BCUT2D eigenvalue weighted by Crippen LogP contribution is -2.36. The number of aromatic amines is 2. The molecule has 1 amide bonds. The van der Waals surface area contributed by atoms with Crippen LogP contribution in [-0.4, -0.2) is 40.0 Å². The van der Waals surface area contributed by atoms with E-state index in [9.17, 15) is 14.4 Å². The molecule has 3 rings (SSSR count). The van der Waals surface area contributed by atoms with Crippen molar-refractivity contribution in [1.29, 1.82) is 0 Å². The summed E-state index contributed by atoms with van der Waals surface area (Å²) in [6, 6.07) is 1.63. The fourth-order valence-electron chi connectivity index (χ4n) is 2.51. The van der Waals surface area contributed by atoms with Crippen molar-refractivity contribution in [2.75, 3.05) is 13.1 Å². The molecule has 10 heteroatoms. The minimum absolute atomic E-state index is 0. The second-order valence-electron chi connectivity index (χ2n) is 5.12. The highest BCUT2D eigenvalue weighted by Crippen LogP contribution is 2.11. The van der Waals surface area contributed by atoms with E-state index in [-0.39, 0.29) is 53.5 Å². The van der Waals surface area contributed by atoms with E-state index in [1.165, 1.54) is 0 Å². The number of nitrogens with one attached hydrogen (secondary N) is 4. The van der Waals surface area contributed by atoms with Crippen molar-refractivity contribution in [1.82, 2.24) is 25.6 Å². The number of halogens is 2. The first kappa shape index (κ1) is 19.1. The van der Waals surface area contributed by atoms with Gasteiger partial charge in [0.1, 0.15) is 11.3 Å². The molecular formula is C13H17Cl2N5O3. The van der Waals surface area contributed by atoms with Crippen LogP contribution in [0.25, 0.3) is 11.0 Å². The van der Waals surface area contributed by atoms with E-state index in [2.05, 4.69) is 25.6 Å². The lowest BCUT2D eigenvalue weighted by Gasteiger charge is -2.11. The van der Waals surface area contributed by atoms with Crippen molar-refractivity contribution in [3.8, 4) is 0 Å². The van der Waals surface area contributed by atoms with Crippen molar-refractivity contribution in [3.63, 3.8) is 0 Å². The Hall–Kier alpha value is -1.90. The summed E-state index contributed by atoms with van der Waals surface area (Å²) in [7, 11) is 0. The summed E-state index contributed by atoms with van der Waals surface area (Å²) in [4.78, 5) is 43.9. The van der Waals surface area contributed by atoms with E-state index in [4.69, 9.17) is 0 Å². The van der Waals surface area contributed by atoms with Gasteiger partial charge >= 0.3 is 5.69 Å². The molecule has 126 valence electrons. The fourth-order valence-corrected chi connectivity index (χ4v) is 2.51. The number of carbonyl (C=O) groups excluding carboxylic acids is 1. The zero-order chi connectivity index (χ0) is 15.0. The Morgan fingerprint density at radius 3 is 2.70 bits per heavy atom. The molecule has 0 radical (unpaired) electrons. The molecule has 0 bridgehead atoms. The second kappa shape index (κ2) is 7.58. The molecule has 8 nitrogen and oxygen atoms in total. The number of fused-ring (bicyclic) bond motifs is 1. The number of aryl methyl sites for hydroxylation is 1. The van der Waals surface area contributed by atoms with Gasteiger partial charge in [0.15, 0.2) is 0 Å². The Kier molecular flexibility index (Phi) is 6.31. The van der Waals surface area contributed by atoms with Crippen LogP contribution in [0.1, 0.15) is 22.5 Å². The summed E-state index contributed by atoms with van der Waals surface area (Å²) in [5.74, 6) is -0.310. The Balaban J connectivity index is 0.00000132. The van der Waals surface area contributed by atoms with Crippen LogP contribution in [0, 0.1) is 6.92 Å². The zero-order valence-corrected chi connectivity index (χ0v) is 13.9. The number of hydrogen-bond donors (Lipinski definition) is 4. The molecule has 4 N–H and O–H groups in total. The van der Waals surface area contributed by atoms with Crippen molar-refractivity contribution in [2.45, 2.75) is 19.4 Å². The topological polar surface area (TPSA) is 120 Å². The lowest BCUT2D eigenvalue weighted by atomic mass is 10.1. The van der Waals surface area contributed by atoms with Gasteiger partial charge in [-0.15, -0.1) is 24.8 Å². The van der Waals surface area contributed by atoms with Crippen molar-refractivity contribution in [2.24, 2.45) is 0 Å². The maximum atomic E-state index is 12.2. The van der Waals surface area contributed by atoms with Crippen LogP contribution in [0.4, 0.5) is 0 Å². The van der Waals surface area contributed by atoms with E-state index < -0.39 is 11.2 Å². The lowest BCUT2D eigenvalue weighted by molar-refractivity contribution is 0.0935. The standard InChI is InChI=1S/C13H15N5O3.2ClH/c1-6-4-8(11(19)15-7-2-3-14-5-7)16-10-9(6)12(20)18-13(21)17-10;;/h4,7,14H,2-3,5H2,1H3,(H,15,19)(H2,16,17,18,20,21);2*1H. The summed E-state index contributed by atoms with van der Waals surface area (Å²) in [5, 5.41) is 6.32. The number of amides is 1. The van der Waals surface area contributed by atoms with E-state index in [0.29, 0.717) is 5.56 Å². The Morgan fingerprint density at radius 2 is 2.04 bits per heavy atom. The van der Waals surface area contributed by atoms with Crippen LogP contribution < -0.4 is 21.9 Å². The van der Waals surface area contributed by atoms with E-state index in [1.54, 1.807) is 13.0 Å². The number of H-pyrrole nitrogens is 2. The van der Waals surface area contributed by atoms with E-state index in [1.807, 2.05) is 0 Å². The molecule has 1 aliphatic rings. The summed E-state index contributed by atoms with van der Waals surface area (Å²) in [6.07, 6.45) is 0.870. The maximum Gasteiger partial charge on any atom is 0.327 e. The Morgan fingerprint density at radius 1 is 1.30 bits per heavy atom. The largest absolute Gasteiger partial charge is 0.347 e. The molecule has 0 spiro atoms. The smallest absolute Gasteiger partial charge is 0.327 e. The quantitative estimate of drug-likeness (QED) is 0.593. The van der Waals surface area contributed by atoms with Crippen LogP contribution in [0.3, 0.4) is 0 Å². The van der Waals surface area contributed by atoms with Crippen LogP contribution in [0.5, 0.6) is 0 Å². The molecular weight excluding hydrogens is 345 g/mol. The van der Waals surface area contributed by atoms with E-state index >= 15 is 0 Å². The molecule has 0 aliphatic carbocycles. The fraction of sp³-hybridized carbons (Fsp3) is 0.385. The SMILES string of the molecule is Cc1cc(C(=O)NC2CCNC2)nc2[nH]c(=O)[nH]c(=O)c12.Cl.Cl. The predicted molar refractivity (Wildman–Crippen MR) is 91.0 cm³/mol. The third-order valence-electron chi connectivity index (χ3n) is 3.53. The van der Waals surface area contributed by atoms with Gasteiger partial charge in [0.25, 0.3) is 11.5 Å². The van der Waals surface area contributed by atoms with Crippen LogP contribution in [0.15, 0.2) is 15.7 Å². The number of pyridine rings is 1. The van der Waals surface area contributed by atoms with Gasteiger partial charge in [-0.1, -0.05) is 0 Å². The first-order valence-corrected chi connectivity index (χ1v) is 6.70. The second-order valence-corrected chi connectivity index (χ2v) is 5.12. The molecule has 1 unspecified atom stereocenters. The van der Waals surface area contributed by atoms with Gasteiger partial charge in [0.05, 0.1) is 5.39 Å². The van der Waals surface area contributed by atoms with Gasteiger partial charge in [0, 0.05) is 12.6 Å². The molecule has 23 heavy (non-hydrogen) atoms. The zero-order valence-electron chi connectivity index (χ0n) is 12.3. The number of carbonyl (C=O) groups is 1. The number of rotatable bonds is 2. The third-order valence-corrected chi connectivity index (χ3v) is 3.53. The third kappa shape index (κ3) is 3.90. The number of nitrogens with zero attached hydrogens (tertiary/aromatic N) is 1. The van der Waals surface area contributed by atoms with Crippen LogP contribution in [0.2, 0.25) is 0 Å². The van der Waals surface area contributed by atoms with Gasteiger partial charge in [-0.05, 0) is 31.5 Å². The van der Waals surface area contributed by atoms with Gasteiger partial charge in [-0.3, -0.25) is 19.6 Å². The molecule has 0 saturated carbocycles. The highest BCUT2D eigenvalue weighted by Gasteiger charge is 2.19. The predicted octanol–water partition coefficient (Wildman–Crippen LogP) is -0.145. The minimum Gasteiger partial charge on any atom is -0.347 e. The summed E-state index contributed by atoms with van der Waals surface area (Å²) in [5.41, 5.74) is -0.249. The molecule has 1 aliphatic heterocycles. The normalized spacial score (nSPS) is 16.5. The highest BCUT2D eigenvalue weighted by molar-refractivity contribution is 5.95. The van der Waals surface area contributed by atoms with Gasteiger partial charge < -0.3 is 10.6 Å². The van der Waals surface area contributed by atoms with Crippen LogP contribution in [-0.2, 0) is 0 Å². The Labute approximate surface area is 143 Å². The van der Waals surface area contributed by atoms with Gasteiger partial charge in [-0.25, -0.2) is 9.78 Å². The Bertz CT molecular complexity index is 826. The van der Waals surface area contributed by atoms with Crippen molar-refractivity contribution < 1.29 is 4.79 Å². The van der Waals surface area contributed by atoms with Crippen molar-refractivity contribution in [3.05, 3.63) is 38.2 Å². The molecule has 1 fully saturated rings. The monoisotopic (exact) mass is 361 g/mol. The first-order chi connectivity index (χ1) is 10.0. The van der Waals surface area contributed by atoms with Crippen LogP contribution >= 0.6 is 24.8 Å². The van der Waals surface area contributed by atoms with Crippen molar-refractivity contribution >= 4 is 41.8 Å². The minimum atomic E-state index is -0.642. The molecule has 0 aromatic carbocycles. The average molecular weight is 362 g/mol. The molecule has 2 aromatic rings. The molecule has 3 heterocycles. The number of hydrogen-bond acceptors (Lipinski definition) is 5. The number of aromatic nitrogens is 3. The molecule has 1 saturated heterocycles. The van der Waals surface area contributed by atoms with Gasteiger partial charge in [0.2, 0.25) is 0 Å². The maximum absolute atomic E-state index is 12.2. The average Bonchev–Trinajstić information content (AvgIpc) is 2.90. The van der Waals surface area contributed by atoms with E-state index in [0.717, 1.165) is 19.5 Å².